The summed E-state index contributed by atoms with van der Waals surface area (Å²) in [7, 11) is -4.28. The first-order valence-corrected chi connectivity index (χ1v) is 7.22. The van der Waals surface area contributed by atoms with E-state index >= 15 is 0 Å². The van der Waals surface area contributed by atoms with Gasteiger partial charge in [-0.15, -0.1) is 0 Å². The van der Waals surface area contributed by atoms with Crippen LogP contribution in [-0.2, 0) is 10.0 Å². The summed E-state index contributed by atoms with van der Waals surface area (Å²) in [5.74, 6) is -1.70. The molecule has 0 aliphatic carbocycles. The van der Waals surface area contributed by atoms with Crippen LogP contribution in [0, 0.1) is 5.82 Å². The summed E-state index contributed by atoms with van der Waals surface area (Å²) in [5.41, 5.74) is 3.77. The first-order valence-electron chi connectivity index (χ1n) is 5.41. The molecule has 1 heterocycles. The van der Waals surface area contributed by atoms with Gasteiger partial charge in [0.05, 0.1) is 17.4 Å². The van der Waals surface area contributed by atoms with Crippen LogP contribution in [0.2, 0.25) is 5.02 Å². The van der Waals surface area contributed by atoms with Gasteiger partial charge in [0, 0.05) is 5.02 Å². The molecule has 0 amide bonds. The zero-order chi connectivity index (χ0) is 15.6. The van der Waals surface area contributed by atoms with E-state index in [-0.39, 0.29) is 8.87 Å². The summed E-state index contributed by atoms with van der Waals surface area (Å²) in [6, 6.07) is 5.04. The fourth-order valence-corrected chi connectivity index (χ4v) is 2.77. The first kappa shape index (κ1) is 15.1. The second-order valence-electron chi connectivity index (χ2n) is 3.73. The van der Waals surface area contributed by atoms with Crippen molar-refractivity contribution in [3.63, 3.8) is 0 Å². The molecule has 0 fully saturated rings. The van der Waals surface area contributed by atoms with Crippen molar-refractivity contribution in [2.45, 2.75) is 4.90 Å². The topological polar surface area (TPSA) is 107 Å². The SMILES string of the molecule is NC=Nc1nc(=O)n(S(=O)(=O)c2ccc(Cl)cc2)cc1F. The molecule has 7 nitrogen and oxygen atoms in total. The van der Waals surface area contributed by atoms with Crippen LogP contribution in [0.1, 0.15) is 0 Å². The highest BCUT2D eigenvalue weighted by molar-refractivity contribution is 7.90. The van der Waals surface area contributed by atoms with Crippen LogP contribution >= 0.6 is 11.6 Å². The number of benzene rings is 1. The highest BCUT2D eigenvalue weighted by Gasteiger charge is 2.21. The minimum Gasteiger partial charge on any atom is -0.390 e. The van der Waals surface area contributed by atoms with Crippen molar-refractivity contribution in [1.82, 2.24) is 8.96 Å². The molecular weight excluding hydrogens is 323 g/mol. The molecule has 1 aromatic heterocycles. The normalized spacial score (nSPS) is 11.9. The fraction of sp³-hybridized carbons (Fsp3) is 0. The molecule has 1 aromatic carbocycles. The standard InChI is InChI=1S/C11H8ClFN4O3S/c12-7-1-3-8(4-2-7)21(19,20)17-5-9(13)10(15-6-14)16-11(17)18/h1-6H,(H2,14,15,16,18). The molecule has 0 bridgehead atoms. The van der Waals surface area contributed by atoms with E-state index in [4.69, 9.17) is 17.3 Å². The smallest absolute Gasteiger partial charge is 0.363 e. The average molecular weight is 331 g/mol. The van der Waals surface area contributed by atoms with E-state index in [2.05, 4.69) is 9.98 Å². The average Bonchev–Trinajstić information content (AvgIpc) is 2.43. The van der Waals surface area contributed by atoms with Crippen molar-refractivity contribution >= 4 is 33.8 Å². The Morgan fingerprint density at radius 2 is 1.95 bits per heavy atom. The Morgan fingerprint density at radius 1 is 1.33 bits per heavy atom. The van der Waals surface area contributed by atoms with Crippen molar-refractivity contribution in [2.24, 2.45) is 10.7 Å². The minimum absolute atomic E-state index is 0.182. The zero-order valence-corrected chi connectivity index (χ0v) is 11.8. The number of hydrogen-bond donors (Lipinski definition) is 1. The molecule has 110 valence electrons. The Labute approximate surface area is 123 Å². The summed E-state index contributed by atoms with van der Waals surface area (Å²) in [6.07, 6.45) is 1.23. The molecule has 0 unspecified atom stereocenters. The van der Waals surface area contributed by atoms with Gasteiger partial charge in [-0.05, 0) is 24.3 Å². The lowest BCUT2D eigenvalue weighted by Crippen LogP contribution is -2.29. The molecule has 2 rings (SSSR count). The molecule has 0 atom stereocenters. The highest BCUT2D eigenvalue weighted by Crippen LogP contribution is 2.17. The highest BCUT2D eigenvalue weighted by atomic mass is 35.5. The quantitative estimate of drug-likeness (QED) is 0.664. The van der Waals surface area contributed by atoms with Gasteiger partial charge in [-0.1, -0.05) is 11.6 Å². The van der Waals surface area contributed by atoms with Crippen LogP contribution in [0.4, 0.5) is 10.2 Å². The van der Waals surface area contributed by atoms with Crippen molar-refractivity contribution in [1.29, 1.82) is 0 Å². The Morgan fingerprint density at radius 3 is 2.52 bits per heavy atom. The van der Waals surface area contributed by atoms with Crippen molar-refractivity contribution < 1.29 is 12.8 Å². The third kappa shape index (κ3) is 2.93. The lowest BCUT2D eigenvalue weighted by molar-refractivity contribution is 0.571. The summed E-state index contributed by atoms with van der Waals surface area (Å²) in [5, 5.41) is 0.318. The van der Waals surface area contributed by atoms with Crippen LogP contribution in [0.25, 0.3) is 0 Å². The van der Waals surface area contributed by atoms with E-state index < -0.39 is 27.3 Å². The number of hydrogen-bond acceptors (Lipinski definition) is 5. The Kier molecular flexibility index (Phi) is 4.05. The van der Waals surface area contributed by atoms with Crippen LogP contribution < -0.4 is 11.4 Å². The van der Waals surface area contributed by atoms with Crippen LogP contribution in [0.3, 0.4) is 0 Å². The van der Waals surface area contributed by atoms with Crippen molar-refractivity contribution in [3.8, 4) is 0 Å². The monoisotopic (exact) mass is 330 g/mol. The molecular formula is C11H8ClFN4O3S. The van der Waals surface area contributed by atoms with E-state index in [9.17, 15) is 17.6 Å². The van der Waals surface area contributed by atoms with Crippen molar-refractivity contribution in [2.75, 3.05) is 0 Å². The first-order chi connectivity index (χ1) is 9.86. The molecule has 0 radical (unpaired) electrons. The van der Waals surface area contributed by atoms with Gasteiger partial charge >= 0.3 is 5.69 Å². The summed E-state index contributed by atoms with van der Waals surface area (Å²) < 4.78 is 38.3. The van der Waals surface area contributed by atoms with Crippen LogP contribution in [0.15, 0.2) is 45.1 Å². The van der Waals surface area contributed by atoms with Gasteiger partial charge in [0.2, 0.25) is 0 Å². The molecule has 0 spiro atoms. The van der Waals surface area contributed by atoms with E-state index in [0.29, 0.717) is 11.2 Å². The maximum absolute atomic E-state index is 13.7. The van der Waals surface area contributed by atoms with Gasteiger partial charge in [0.25, 0.3) is 10.0 Å². The van der Waals surface area contributed by atoms with E-state index in [1.807, 2.05) is 0 Å². The molecule has 10 heteroatoms. The molecule has 21 heavy (non-hydrogen) atoms. The zero-order valence-electron chi connectivity index (χ0n) is 10.3. The van der Waals surface area contributed by atoms with Gasteiger partial charge in [0.1, 0.15) is 0 Å². The van der Waals surface area contributed by atoms with Crippen molar-refractivity contribution in [3.05, 3.63) is 51.8 Å². The summed E-state index contributed by atoms with van der Waals surface area (Å²) >= 11 is 5.66. The molecule has 2 aromatic rings. The van der Waals surface area contributed by atoms with E-state index in [1.165, 1.54) is 24.3 Å². The van der Waals surface area contributed by atoms with Gasteiger partial charge in [0.15, 0.2) is 11.6 Å². The van der Waals surface area contributed by atoms with Crippen LogP contribution in [-0.4, -0.2) is 23.7 Å². The Bertz CT molecular complexity index is 862. The maximum atomic E-state index is 13.7. The largest absolute Gasteiger partial charge is 0.390 e. The number of nitrogens with zero attached hydrogens (tertiary/aromatic N) is 3. The second-order valence-corrected chi connectivity index (χ2v) is 5.98. The van der Waals surface area contributed by atoms with E-state index in [1.54, 1.807) is 0 Å². The second kappa shape index (κ2) is 5.62. The number of rotatable bonds is 3. The van der Waals surface area contributed by atoms with Gasteiger partial charge in [-0.25, -0.2) is 22.6 Å². The van der Waals surface area contributed by atoms with Crippen LogP contribution in [0.5, 0.6) is 0 Å². The van der Waals surface area contributed by atoms with Gasteiger partial charge in [-0.3, -0.25) is 0 Å². The van der Waals surface area contributed by atoms with Gasteiger partial charge < -0.3 is 5.73 Å². The molecule has 0 aliphatic heterocycles. The number of nitrogens with two attached hydrogens (primary N) is 1. The summed E-state index contributed by atoms with van der Waals surface area (Å²) in [4.78, 5) is 18.0. The molecule has 0 saturated heterocycles. The predicted octanol–water partition coefficient (Wildman–Crippen LogP) is 0.891. The minimum atomic E-state index is -4.28. The van der Waals surface area contributed by atoms with Gasteiger partial charge in [-0.2, -0.15) is 8.96 Å². The number of aromatic nitrogens is 2. The predicted molar refractivity (Wildman–Crippen MR) is 74.8 cm³/mol. The molecule has 0 aliphatic rings. The molecule has 2 N–H and O–H groups in total. The Hall–Kier alpha value is -2.26. The lowest BCUT2D eigenvalue weighted by atomic mass is 10.4. The lowest BCUT2D eigenvalue weighted by Gasteiger charge is -2.07. The number of halogens is 2. The molecule has 0 saturated carbocycles. The third-order valence-corrected chi connectivity index (χ3v) is 4.30. The Balaban J connectivity index is 2.63. The maximum Gasteiger partial charge on any atom is 0.363 e. The summed E-state index contributed by atoms with van der Waals surface area (Å²) in [6.45, 7) is 0. The third-order valence-electron chi connectivity index (χ3n) is 2.40. The fourth-order valence-electron chi connectivity index (χ4n) is 1.46. The number of aliphatic imine (C=N–C) groups is 1. The van der Waals surface area contributed by atoms with E-state index in [0.717, 1.165) is 6.34 Å².